The molecule has 0 saturated heterocycles. The predicted octanol–water partition coefficient (Wildman–Crippen LogP) is 2.81. The molecule has 4 nitrogen and oxygen atoms in total. The quantitative estimate of drug-likeness (QED) is 0.732. The summed E-state index contributed by atoms with van der Waals surface area (Å²) in [5.41, 5.74) is 1.29. The molecule has 0 aromatic heterocycles. The first-order valence-corrected chi connectivity index (χ1v) is 6.74. The van der Waals surface area contributed by atoms with Crippen LogP contribution in [0.5, 0.6) is 0 Å². The van der Waals surface area contributed by atoms with Crippen molar-refractivity contribution in [2.45, 2.75) is 75.0 Å². The van der Waals surface area contributed by atoms with Gasteiger partial charge >= 0.3 is 6.09 Å². The molecule has 0 aromatic carbocycles. The molecular formula is C13H20F4N2O2. The Bertz CT molecular complexity index is 440. The van der Waals surface area contributed by atoms with E-state index in [1.54, 1.807) is 20.8 Å². The van der Waals surface area contributed by atoms with Gasteiger partial charge in [-0.1, -0.05) is 0 Å². The molecule has 122 valence electrons. The molecule has 8 heteroatoms. The zero-order chi connectivity index (χ0) is 16.3. The number of amides is 1. The van der Waals surface area contributed by atoms with E-state index < -0.39 is 60.3 Å². The summed E-state index contributed by atoms with van der Waals surface area (Å²) in [5.74, 6) is -6.36. The molecule has 21 heavy (non-hydrogen) atoms. The third-order valence-electron chi connectivity index (χ3n) is 3.96. The first kappa shape index (κ1) is 16.3. The second-order valence-electron chi connectivity index (χ2n) is 7.28. The standard InChI is InChI=1S/C13H20F4N2O2/c1-9(2,3)21-8(20)19-11-6-12(14,15)4-10(11,18)5-13(16,17)7-11/h4-7,18H2,1-3H3,(H,19,20). The second-order valence-corrected chi connectivity index (χ2v) is 7.28. The van der Waals surface area contributed by atoms with Crippen molar-refractivity contribution in [2.24, 2.45) is 5.73 Å². The molecule has 2 saturated carbocycles. The summed E-state index contributed by atoms with van der Waals surface area (Å²) in [4.78, 5) is 11.8. The lowest BCUT2D eigenvalue weighted by Crippen LogP contribution is -2.62. The average molecular weight is 312 g/mol. The van der Waals surface area contributed by atoms with Gasteiger partial charge in [0.1, 0.15) is 5.60 Å². The normalized spacial score (nSPS) is 37.1. The van der Waals surface area contributed by atoms with Gasteiger partial charge in [-0.2, -0.15) is 0 Å². The Hall–Kier alpha value is -1.05. The van der Waals surface area contributed by atoms with Gasteiger partial charge < -0.3 is 15.8 Å². The van der Waals surface area contributed by atoms with Gasteiger partial charge in [-0.25, -0.2) is 22.4 Å². The first-order valence-electron chi connectivity index (χ1n) is 6.74. The number of fused-ring (bicyclic) bond motifs is 1. The minimum atomic E-state index is -3.18. The van der Waals surface area contributed by atoms with Gasteiger partial charge in [0, 0.05) is 25.7 Å². The number of hydrogen-bond acceptors (Lipinski definition) is 3. The Morgan fingerprint density at radius 1 is 1.05 bits per heavy atom. The monoisotopic (exact) mass is 312 g/mol. The van der Waals surface area contributed by atoms with E-state index in [0.717, 1.165) is 0 Å². The van der Waals surface area contributed by atoms with Crippen LogP contribution in [-0.4, -0.2) is 34.6 Å². The molecule has 0 spiro atoms. The van der Waals surface area contributed by atoms with Crippen molar-refractivity contribution in [2.75, 3.05) is 0 Å². The van der Waals surface area contributed by atoms with Gasteiger partial charge in [0.2, 0.25) is 0 Å². The SMILES string of the molecule is CC(C)(C)OC(=O)NC12CC(F)(F)CC1(N)CC(F)(F)C2. The summed E-state index contributed by atoms with van der Waals surface area (Å²) in [6, 6.07) is 0. The number of alkyl carbamates (subject to hydrolysis) is 1. The number of ether oxygens (including phenoxy) is 1. The average Bonchev–Trinajstić information content (AvgIpc) is 2.33. The number of carbonyl (C=O) groups excluding carboxylic acids is 1. The number of alkyl halides is 4. The van der Waals surface area contributed by atoms with E-state index in [0.29, 0.717) is 0 Å². The van der Waals surface area contributed by atoms with E-state index in [9.17, 15) is 22.4 Å². The van der Waals surface area contributed by atoms with E-state index in [1.807, 2.05) is 0 Å². The summed E-state index contributed by atoms with van der Waals surface area (Å²) in [6.07, 6.45) is -4.54. The summed E-state index contributed by atoms with van der Waals surface area (Å²) in [5, 5.41) is 2.22. The van der Waals surface area contributed by atoms with Crippen LogP contribution in [0.2, 0.25) is 0 Å². The van der Waals surface area contributed by atoms with E-state index in [-0.39, 0.29) is 0 Å². The molecule has 0 unspecified atom stereocenters. The van der Waals surface area contributed by atoms with Crippen LogP contribution in [0.4, 0.5) is 22.4 Å². The maximum atomic E-state index is 13.7. The minimum Gasteiger partial charge on any atom is -0.444 e. The van der Waals surface area contributed by atoms with Gasteiger partial charge in [0.25, 0.3) is 11.8 Å². The molecular weight excluding hydrogens is 292 g/mol. The Labute approximate surface area is 120 Å². The van der Waals surface area contributed by atoms with Crippen LogP contribution in [0.1, 0.15) is 46.5 Å². The molecule has 2 fully saturated rings. The summed E-state index contributed by atoms with van der Waals surface area (Å²) < 4.78 is 59.7. The molecule has 0 radical (unpaired) electrons. The van der Waals surface area contributed by atoms with Crippen molar-refractivity contribution >= 4 is 6.09 Å². The van der Waals surface area contributed by atoms with E-state index in [4.69, 9.17) is 10.5 Å². The summed E-state index contributed by atoms with van der Waals surface area (Å²) in [7, 11) is 0. The molecule has 0 heterocycles. The highest BCUT2D eigenvalue weighted by molar-refractivity contribution is 5.69. The van der Waals surface area contributed by atoms with Crippen LogP contribution in [0.25, 0.3) is 0 Å². The molecule has 2 aliphatic carbocycles. The predicted molar refractivity (Wildman–Crippen MR) is 67.4 cm³/mol. The molecule has 2 rings (SSSR count). The lowest BCUT2D eigenvalue weighted by atomic mass is 9.84. The largest absolute Gasteiger partial charge is 0.444 e. The fourth-order valence-corrected chi connectivity index (χ4v) is 3.46. The number of carbonyl (C=O) groups is 1. The lowest BCUT2D eigenvalue weighted by Gasteiger charge is -2.37. The van der Waals surface area contributed by atoms with Gasteiger partial charge in [0.05, 0.1) is 11.1 Å². The van der Waals surface area contributed by atoms with Crippen molar-refractivity contribution in [1.29, 1.82) is 0 Å². The van der Waals surface area contributed by atoms with Crippen molar-refractivity contribution in [1.82, 2.24) is 5.32 Å². The topological polar surface area (TPSA) is 64.3 Å². The van der Waals surface area contributed by atoms with Gasteiger partial charge in [-0.05, 0) is 20.8 Å². The molecule has 2 aliphatic rings. The van der Waals surface area contributed by atoms with E-state index in [2.05, 4.69) is 5.32 Å². The summed E-state index contributed by atoms with van der Waals surface area (Å²) in [6.45, 7) is 4.77. The minimum absolute atomic E-state index is 0.861. The molecule has 0 bridgehead atoms. The molecule has 0 atom stereocenters. The van der Waals surface area contributed by atoms with Gasteiger partial charge in [0.15, 0.2) is 0 Å². The number of halogens is 4. The van der Waals surface area contributed by atoms with E-state index in [1.165, 1.54) is 0 Å². The smallest absolute Gasteiger partial charge is 0.408 e. The van der Waals surface area contributed by atoms with Crippen LogP contribution in [-0.2, 0) is 4.74 Å². The maximum absolute atomic E-state index is 13.7. The number of rotatable bonds is 1. The molecule has 0 aliphatic heterocycles. The van der Waals surface area contributed by atoms with Crippen molar-refractivity contribution in [3.8, 4) is 0 Å². The van der Waals surface area contributed by atoms with Crippen LogP contribution in [0, 0.1) is 0 Å². The Morgan fingerprint density at radius 2 is 1.48 bits per heavy atom. The van der Waals surface area contributed by atoms with Crippen molar-refractivity contribution in [3.05, 3.63) is 0 Å². The molecule has 3 N–H and O–H groups in total. The zero-order valence-corrected chi connectivity index (χ0v) is 12.2. The molecule has 0 aromatic rings. The zero-order valence-electron chi connectivity index (χ0n) is 12.2. The second kappa shape index (κ2) is 4.24. The highest BCUT2D eigenvalue weighted by Crippen LogP contribution is 2.59. The first-order chi connectivity index (χ1) is 9.18. The third-order valence-corrected chi connectivity index (χ3v) is 3.96. The van der Waals surface area contributed by atoms with Gasteiger partial charge in [-0.15, -0.1) is 0 Å². The summed E-state index contributed by atoms with van der Waals surface area (Å²) >= 11 is 0. The number of nitrogens with two attached hydrogens (primary N) is 1. The van der Waals surface area contributed by atoms with Gasteiger partial charge in [-0.3, -0.25) is 0 Å². The van der Waals surface area contributed by atoms with Crippen molar-refractivity contribution in [3.63, 3.8) is 0 Å². The Kier molecular flexibility index (Phi) is 3.30. The third kappa shape index (κ3) is 3.09. The van der Waals surface area contributed by atoms with Crippen LogP contribution >= 0.6 is 0 Å². The number of nitrogens with one attached hydrogen (secondary N) is 1. The lowest BCUT2D eigenvalue weighted by molar-refractivity contribution is -0.0400. The highest BCUT2D eigenvalue weighted by Gasteiger charge is 2.72. The highest BCUT2D eigenvalue weighted by atomic mass is 19.3. The Balaban J connectivity index is 2.26. The van der Waals surface area contributed by atoms with E-state index >= 15 is 0 Å². The van der Waals surface area contributed by atoms with Crippen LogP contribution < -0.4 is 11.1 Å². The van der Waals surface area contributed by atoms with Crippen LogP contribution in [0.15, 0.2) is 0 Å². The van der Waals surface area contributed by atoms with Crippen molar-refractivity contribution < 1.29 is 27.1 Å². The Morgan fingerprint density at radius 3 is 1.86 bits per heavy atom. The maximum Gasteiger partial charge on any atom is 0.408 e. The fourth-order valence-electron chi connectivity index (χ4n) is 3.46. The fraction of sp³-hybridized carbons (Fsp3) is 0.923. The van der Waals surface area contributed by atoms with Crippen LogP contribution in [0.3, 0.4) is 0 Å². The number of hydrogen-bond donors (Lipinski definition) is 2. The molecule has 1 amide bonds.